The molecule has 4 aromatic rings. The number of thiazole rings is 1. The summed E-state index contributed by atoms with van der Waals surface area (Å²) in [5, 5.41) is 4.26. The Balaban J connectivity index is 1.64. The van der Waals surface area contributed by atoms with Gasteiger partial charge >= 0.3 is 0 Å². The lowest BCUT2D eigenvalue weighted by Gasteiger charge is -2.07. The number of hydrogen-bond donors (Lipinski definition) is 0. The number of hydrogen-bond acceptors (Lipinski definition) is 7. The maximum atomic E-state index is 12.4. The quantitative estimate of drug-likeness (QED) is 0.528. The lowest BCUT2D eigenvalue weighted by atomic mass is 10.2. The molecule has 4 rings (SSSR count). The monoisotopic (exact) mass is 381 g/mol. The molecule has 3 aromatic heterocycles. The van der Waals surface area contributed by atoms with E-state index >= 15 is 0 Å². The van der Waals surface area contributed by atoms with Crippen LogP contribution in [0.3, 0.4) is 0 Å². The van der Waals surface area contributed by atoms with Crippen molar-refractivity contribution in [3.63, 3.8) is 0 Å². The van der Waals surface area contributed by atoms with E-state index < -0.39 is 0 Å². The van der Waals surface area contributed by atoms with Crippen molar-refractivity contribution < 1.29 is 13.9 Å². The molecule has 0 aliphatic rings. The summed E-state index contributed by atoms with van der Waals surface area (Å²) in [6, 6.07) is 9.12. The Labute approximate surface area is 157 Å². The van der Waals surface area contributed by atoms with Crippen molar-refractivity contribution in [1.82, 2.24) is 14.6 Å². The van der Waals surface area contributed by atoms with E-state index in [2.05, 4.69) is 10.1 Å². The summed E-state index contributed by atoms with van der Waals surface area (Å²) in [7, 11) is 3.18. The molecule has 0 aliphatic carbocycles. The van der Waals surface area contributed by atoms with E-state index in [1.165, 1.54) is 15.9 Å². The first kappa shape index (κ1) is 17.0. The number of aromatic nitrogens is 3. The molecular weight excluding hydrogens is 366 g/mol. The van der Waals surface area contributed by atoms with Crippen molar-refractivity contribution in [1.29, 1.82) is 0 Å². The van der Waals surface area contributed by atoms with Crippen LogP contribution in [-0.4, -0.2) is 28.8 Å². The number of benzene rings is 1. The molecule has 0 bridgehead atoms. The Morgan fingerprint density at radius 3 is 2.70 bits per heavy atom. The lowest BCUT2D eigenvalue weighted by Crippen LogP contribution is -2.23. The second-order valence-corrected chi connectivity index (χ2v) is 6.55. The summed E-state index contributed by atoms with van der Waals surface area (Å²) < 4.78 is 17.6. The van der Waals surface area contributed by atoms with Crippen LogP contribution in [0.1, 0.15) is 17.1 Å². The van der Waals surface area contributed by atoms with Crippen LogP contribution in [-0.2, 0) is 0 Å². The van der Waals surface area contributed by atoms with Crippen molar-refractivity contribution in [3.8, 4) is 11.5 Å². The van der Waals surface area contributed by atoms with Gasteiger partial charge in [-0.2, -0.15) is 9.50 Å². The van der Waals surface area contributed by atoms with Crippen LogP contribution in [0, 0.1) is 0 Å². The van der Waals surface area contributed by atoms with E-state index in [0.29, 0.717) is 32.6 Å². The van der Waals surface area contributed by atoms with E-state index in [0.717, 1.165) is 5.56 Å². The Hall–Kier alpha value is -3.39. The Morgan fingerprint density at radius 1 is 1.15 bits per heavy atom. The molecule has 27 heavy (non-hydrogen) atoms. The van der Waals surface area contributed by atoms with Gasteiger partial charge in [0.15, 0.2) is 17.3 Å². The molecule has 0 spiro atoms. The van der Waals surface area contributed by atoms with Gasteiger partial charge < -0.3 is 13.9 Å². The topological polar surface area (TPSA) is 78.9 Å². The molecule has 0 amide bonds. The molecule has 0 atom stereocenters. The number of rotatable bonds is 5. The zero-order valence-corrected chi connectivity index (χ0v) is 15.4. The summed E-state index contributed by atoms with van der Waals surface area (Å²) in [5.41, 5.74) is 0.685. The van der Waals surface area contributed by atoms with Crippen LogP contribution in [0.15, 0.2) is 45.8 Å². The Bertz CT molecular complexity index is 1220. The highest BCUT2D eigenvalue weighted by Crippen LogP contribution is 2.28. The van der Waals surface area contributed by atoms with E-state index in [9.17, 15) is 4.79 Å². The molecule has 0 saturated carbocycles. The third-order valence-electron chi connectivity index (χ3n) is 3.85. The third-order valence-corrected chi connectivity index (χ3v) is 4.81. The summed E-state index contributed by atoms with van der Waals surface area (Å²) in [6.45, 7) is 0. The normalized spacial score (nSPS) is 12.3. The largest absolute Gasteiger partial charge is 0.493 e. The first-order valence-electron chi connectivity index (χ1n) is 8.03. The van der Waals surface area contributed by atoms with Crippen molar-refractivity contribution in [2.24, 2.45) is 0 Å². The molecule has 0 aliphatic heterocycles. The van der Waals surface area contributed by atoms with Crippen molar-refractivity contribution >= 4 is 34.5 Å². The molecule has 3 heterocycles. The standard InChI is InChI=1S/C19H15N3O4S/c1-24-14-7-5-12(10-15(14)25-2)6-8-17-20-19-22(21-17)18(23)16(27-19)11-13-4-3-9-26-13/h3-11H,1-2H3. The second-order valence-electron chi connectivity index (χ2n) is 5.54. The number of nitrogens with zero attached hydrogens (tertiary/aromatic N) is 3. The van der Waals surface area contributed by atoms with Gasteiger partial charge in [0.1, 0.15) is 10.3 Å². The van der Waals surface area contributed by atoms with Gasteiger partial charge in [-0.1, -0.05) is 23.5 Å². The van der Waals surface area contributed by atoms with Gasteiger partial charge in [0.2, 0.25) is 4.96 Å². The molecule has 0 saturated heterocycles. The minimum atomic E-state index is -0.218. The van der Waals surface area contributed by atoms with E-state index in [1.54, 1.807) is 44.8 Å². The van der Waals surface area contributed by atoms with Gasteiger partial charge in [-0.15, -0.1) is 5.10 Å². The highest BCUT2D eigenvalue weighted by molar-refractivity contribution is 7.15. The minimum absolute atomic E-state index is 0.218. The summed E-state index contributed by atoms with van der Waals surface area (Å²) >= 11 is 1.27. The highest BCUT2D eigenvalue weighted by atomic mass is 32.1. The zero-order valence-electron chi connectivity index (χ0n) is 14.6. The second kappa shape index (κ2) is 7.08. The van der Waals surface area contributed by atoms with E-state index in [1.807, 2.05) is 24.3 Å². The van der Waals surface area contributed by atoms with E-state index in [4.69, 9.17) is 13.9 Å². The van der Waals surface area contributed by atoms with Gasteiger partial charge in [-0.25, -0.2) is 0 Å². The number of ether oxygens (including phenoxy) is 2. The van der Waals surface area contributed by atoms with Gasteiger partial charge in [0, 0.05) is 6.08 Å². The Kier molecular flexibility index (Phi) is 4.47. The predicted octanol–water partition coefficient (Wildman–Crippen LogP) is 2.48. The number of methoxy groups -OCH3 is 2. The van der Waals surface area contributed by atoms with Crippen LogP contribution in [0.5, 0.6) is 11.5 Å². The minimum Gasteiger partial charge on any atom is -0.493 e. The fourth-order valence-corrected chi connectivity index (χ4v) is 3.44. The molecule has 0 radical (unpaired) electrons. The molecular formula is C19H15N3O4S. The lowest BCUT2D eigenvalue weighted by molar-refractivity contribution is 0.355. The average Bonchev–Trinajstić information content (AvgIpc) is 3.40. The molecule has 136 valence electrons. The van der Waals surface area contributed by atoms with Crippen LogP contribution >= 0.6 is 11.3 Å². The fourth-order valence-electron chi connectivity index (χ4n) is 2.55. The maximum Gasteiger partial charge on any atom is 0.291 e. The molecule has 0 unspecified atom stereocenters. The third kappa shape index (κ3) is 3.34. The van der Waals surface area contributed by atoms with Gasteiger partial charge in [0.25, 0.3) is 5.56 Å². The maximum absolute atomic E-state index is 12.4. The summed E-state index contributed by atoms with van der Waals surface area (Å²) in [6.07, 6.45) is 6.84. The smallest absolute Gasteiger partial charge is 0.291 e. The molecule has 8 heteroatoms. The first-order valence-corrected chi connectivity index (χ1v) is 8.84. The zero-order chi connectivity index (χ0) is 18.8. The molecule has 1 aromatic carbocycles. The Morgan fingerprint density at radius 2 is 2.00 bits per heavy atom. The van der Waals surface area contributed by atoms with Crippen molar-refractivity contribution in [2.75, 3.05) is 14.2 Å². The molecule has 0 fully saturated rings. The summed E-state index contributed by atoms with van der Waals surface area (Å²) in [5.74, 6) is 2.37. The van der Waals surface area contributed by atoms with Crippen molar-refractivity contribution in [2.45, 2.75) is 0 Å². The fraction of sp³-hybridized carbons (Fsp3) is 0.105. The summed E-state index contributed by atoms with van der Waals surface area (Å²) in [4.78, 5) is 17.4. The van der Waals surface area contributed by atoms with Gasteiger partial charge in [0.05, 0.1) is 20.5 Å². The van der Waals surface area contributed by atoms with Gasteiger partial charge in [-0.05, 0) is 35.9 Å². The van der Waals surface area contributed by atoms with Crippen LogP contribution in [0.2, 0.25) is 0 Å². The van der Waals surface area contributed by atoms with Crippen LogP contribution in [0.25, 0.3) is 23.2 Å². The molecule has 7 nitrogen and oxygen atoms in total. The van der Waals surface area contributed by atoms with E-state index in [-0.39, 0.29) is 5.56 Å². The van der Waals surface area contributed by atoms with Crippen LogP contribution < -0.4 is 19.6 Å². The SMILES string of the molecule is COc1ccc(C=Cc2nc3sc(=Cc4ccco4)c(=O)n3n2)cc1OC. The van der Waals surface area contributed by atoms with Gasteiger partial charge in [-0.3, -0.25) is 4.79 Å². The van der Waals surface area contributed by atoms with Crippen LogP contribution in [0.4, 0.5) is 0 Å². The molecule has 0 N–H and O–H groups in total. The first-order chi connectivity index (χ1) is 13.2. The number of fused-ring (bicyclic) bond motifs is 1. The van der Waals surface area contributed by atoms with Crippen molar-refractivity contribution in [3.05, 3.63) is 68.6 Å². The average molecular weight is 381 g/mol. The predicted molar refractivity (Wildman–Crippen MR) is 103 cm³/mol. The highest BCUT2D eigenvalue weighted by Gasteiger charge is 2.09. The number of furan rings is 1.